The molecule has 78 valence electrons. The van der Waals surface area contributed by atoms with E-state index in [1.54, 1.807) is 0 Å². The van der Waals surface area contributed by atoms with Crippen LogP contribution in [0.5, 0.6) is 0 Å². The maximum Gasteiger partial charge on any atom is 0.0146 e. The van der Waals surface area contributed by atoms with Gasteiger partial charge in [0.25, 0.3) is 0 Å². The van der Waals surface area contributed by atoms with Gasteiger partial charge in [0.2, 0.25) is 0 Å². The number of aryl methyl sites for hydroxylation is 2. The topological polar surface area (TPSA) is 0 Å². The molecule has 14 heavy (non-hydrogen) atoms. The van der Waals surface area contributed by atoms with Crippen LogP contribution in [0.25, 0.3) is 0 Å². The molecule has 0 N–H and O–H groups in total. The van der Waals surface area contributed by atoms with Gasteiger partial charge in [0.1, 0.15) is 0 Å². The number of hydrogen-bond donors (Lipinski definition) is 0. The van der Waals surface area contributed by atoms with Gasteiger partial charge in [-0.2, -0.15) is 0 Å². The van der Waals surface area contributed by atoms with Gasteiger partial charge in [-0.15, -0.1) is 0 Å². The first-order chi connectivity index (χ1) is 6.76. The van der Waals surface area contributed by atoms with Crippen LogP contribution in [0, 0.1) is 0 Å². The maximum atomic E-state index is 3.66. The molecule has 0 amide bonds. The summed E-state index contributed by atoms with van der Waals surface area (Å²) in [6.45, 7) is 4.42. The molecular weight excluding hydrogens is 236 g/mol. The summed E-state index contributed by atoms with van der Waals surface area (Å²) in [6, 6.07) is 9.00. The van der Waals surface area contributed by atoms with E-state index >= 15 is 0 Å². The normalized spacial score (nSPS) is 12.8. The zero-order valence-corrected chi connectivity index (χ0v) is 10.7. The Kier molecular flexibility index (Phi) is 5.24. The molecule has 0 aromatic heterocycles. The van der Waals surface area contributed by atoms with E-state index in [-0.39, 0.29) is 0 Å². The lowest BCUT2D eigenvalue weighted by Crippen LogP contribution is -1.97. The standard InChI is InChI=1S/C13H19Br/c1-3-11-5-7-12(8-6-11)9-10-13(14)4-2/h5-8,13H,3-4,9-10H2,1-2H3. The lowest BCUT2D eigenvalue weighted by atomic mass is 10.0. The first-order valence-electron chi connectivity index (χ1n) is 5.48. The highest BCUT2D eigenvalue weighted by Crippen LogP contribution is 2.14. The number of benzene rings is 1. The van der Waals surface area contributed by atoms with E-state index in [4.69, 9.17) is 0 Å². The predicted molar refractivity (Wildman–Crippen MR) is 67.1 cm³/mol. The van der Waals surface area contributed by atoms with Crippen molar-refractivity contribution >= 4 is 15.9 Å². The van der Waals surface area contributed by atoms with E-state index in [1.807, 2.05) is 0 Å². The third-order valence-electron chi connectivity index (χ3n) is 2.62. The molecule has 1 aromatic carbocycles. The number of alkyl halides is 1. The van der Waals surface area contributed by atoms with Crippen molar-refractivity contribution in [2.75, 3.05) is 0 Å². The number of rotatable bonds is 5. The highest BCUT2D eigenvalue weighted by molar-refractivity contribution is 9.09. The Morgan fingerprint density at radius 2 is 1.64 bits per heavy atom. The Morgan fingerprint density at radius 1 is 1.07 bits per heavy atom. The summed E-state index contributed by atoms with van der Waals surface area (Å²) in [6.07, 6.45) is 4.78. The third kappa shape index (κ3) is 3.83. The fourth-order valence-corrected chi connectivity index (χ4v) is 1.70. The molecule has 0 aliphatic rings. The van der Waals surface area contributed by atoms with Crippen molar-refractivity contribution in [1.82, 2.24) is 0 Å². The summed E-state index contributed by atoms with van der Waals surface area (Å²) in [5.41, 5.74) is 2.89. The van der Waals surface area contributed by atoms with Gasteiger partial charge in [0, 0.05) is 4.83 Å². The van der Waals surface area contributed by atoms with E-state index < -0.39 is 0 Å². The van der Waals surface area contributed by atoms with E-state index in [1.165, 1.54) is 30.4 Å². The SMILES string of the molecule is CCc1ccc(CCC(Br)CC)cc1. The van der Waals surface area contributed by atoms with E-state index in [9.17, 15) is 0 Å². The largest absolute Gasteiger partial charge is 0.0891 e. The van der Waals surface area contributed by atoms with Crippen molar-refractivity contribution in [2.24, 2.45) is 0 Å². The third-order valence-corrected chi connectivity index (χ3v) is 3.73. The smallest absolute Gasteiger partial charge is 0.0146 e. The molecule has 0 saturated heterocycles. The molecule has 1 unspecified atom stereocenters. The van der Waals surface area contributed by atoms with Crippen LogP contribution in [0.15, 0.2) is 24.3 Å². The Hall–Kier alpha value is -0.300. The van der Waals surface area contributed by atoms with Gasteiger partial charge in [-0.1, -0.05) is 54.0 Å². The van der Waals surface area contributed by atoms with Gasteiger partial charge in [-0.25, -0.2) is 0 Å². The van der Waals surface area contributed by atoms with Gasteiger partial charge in [-0.3, -0.25) is 0 Å². The van der Waals surface area contributed by atoms with Crippen molar-refractivity contribution < 1.29 is 0 Å². The molecule has 0 fully saturated rings. The summed E-state index contributed by atoms with van der Waals surface area (Å²) in [5.74, 6) is 0. The van der Waals surface area contributed by atoms with Crippen molar-refractivity contribution in [2.45, 2.75) is 44.4 Å². The van der Waals surface area contributed by atoms with E-state index in [2.05, 4.69) is 54.0 Å². The van der Waals surface area contributed by atoms with Crippen LogP contribution >= 0.6 is 15.9 Å². The van der Waals surface area contributed by atoms with Crippen LogP contribution in [0.2, 0.25) is 0 Å². The Labute approximate surface area is 95.9 Å². The zero-order chi connectivity index (χ0) is 10.4. The minimum atomic E-state index is 0.674. The van der Waals surface area contributed by atoms with Crippen LogP contribution in [-0.2, 0) is 12.8 Å². The van der Waals surface area contributed by atoms with Gasteiger partial charge < -0.3 is 0 Å². The van der Waals surface area contributed by atoms with Gasteiger partial charge >= 0.3 is 0 Å². The zero-order valence-electron chi connectivity index (χ0n) is 9.09. The fourth-order valence-electron chi connectivity index (χ4n) is 1.47. The van der Waals surface area contributed by atoms with Crippen molar-refractivity contribution in [3.05, 3.63) is 35.4 Å². The van der Waals surface area contributed by atoms with Crippen LogP contribution in [0.1, 0.15) is 37.8 Å². The molecule has 0 bridgehead atoms. The summed E-state index contributed by atoms with van der Waals surface area (Å²) in [7, 11) is 0. The minimum Gasteiger partial charge on any atom is -0.0891 e. The van der Waals surface area contributed by atoms with Crippen molar-refractivity contribution in [3.63, 3.8) is 0 Å². The predicted octanol–water partition coefficient (Wildman–Crippen LogP) is 4.36. The molecule has 1 rings (SSSR count). The van der Waals surface area contributed by atoms with Gasteiger partial charge in [0.05, 0.1) is 0 Å². The summed E-state index contributed by atoms with van der Waals surface area (Å²) in [4.78, 5) is 0.674. The number of halogens is 1. The highest BCUT2D eigenvalue weighted by atomic mass is 79.9. The second-order valence-corrected chi connectivity index (χ2v) is 5.01. The van der Waals surface area contributed by atoms with Crippen molar-refractivity contribution in [3.8, 4) is 0 Å². The fraction of sp³-hybridized carbons (Fsp3) is 0.538. The lowest BCUT2D eigenvalue weighted by molar-refractivity contribution is 0.746. The Balaban J connectivity index is 2.43. The Bertz CT molecular complexity index is 250. The monoisotopic (exact) mass is 254 g/mol. The molecule has 0 aliphatic heterocycles. The average Bonchev–Trinajstić information content (AvgIpc) is 2.26. The summed E-state index contributed by atoms with van der Waals surface area (Å²) < 4.78 is 0. The molecule has 1 aromatic rings. The first kappa shape index (κ1) is 11.8. The molecule has 0 saturated carbocycles. The van der Waals surface area contributed by atoms with Gasteiger partial charge in [-0.05, 0) is 36.8 Å². The molecule has 1 heteroatoms. The second-order valence-electron chi connectivity index (χ2n) is 3.71. The minimum absolute atomic E-state index is 0.674. The molecule has 0 aliphatic carbocycles. The molecule has 0 spiro atoms. The van der Waals surface area contributed by atoms with E-state index in [0.717, 1.165) is 6.42 Å². The summed E-state index contributed by atoms with van der Waals surface area (Å²) in [5, 5.41) is 0. The maximum absolute atomic E-state index is 3.66. The van der Waals surface area contributed by atoms with Crippen LogP contribution < -0.4 is 0 Å². The Morgan fingerprint density at radius 3 is 2.14 bits per heavy atom. The van der Waals surface area contributed by atoms with Crippen LogP contribution in [0.3, 0.4) is 0 Å². The van der Waals surface area contributed by atoms with Crippen molar-refractivity contribution in [1.29, 1.82) is 0 Å². The highest BCUT2D eigenvalue weighted by Gasteiger charge is 2.01. The van der Waals surface area contributed by atoms with E-state index in [0.29, 0.717) is 4.83 Å². The molecule has 0 radical (unpaired) electrons. The van der Waals surface area contributed by atoms with Crippen LogP contribution in [-0.4, -0.2) is 4.83 Å². The lowest BCUT2D eigenvalue weighted by Gasteiger charge is -2.06. The molecule has 1 atom stereocenters. The first-order valence-corrected chi connectivity index (χ1v) is 6.39. The average molecular weight is 255 g/mol. The van der Waals surface area contributed by atoms with Gasteiger partial charge in [0.15, 0.2) is 0 Å². The number of hydrogen-bond acceptors (Lipinski definition) is 0. The molecule has 0 heterocycles. The quantitative estimate of drug-likeness (QED) is 0.686. The molecular formula is C13H19Br. The second kappa shape index (κ2) is 6.23. The van der Waals surface area contributed by atoms with Crippen LogP contribution in [0.4, 0.5) is 0 Å². The molecule has 0 nitrogen and oxygen atoms in total. The summed E-state index contributed by atoms with van der Waals surface area (Å²) >= 11 is 3.66.